The van der Waals surface area contributed by atoms with Crippen LogP contribution in [0, 0.1) is 5.92 Å². The van der Waals surface area contributed by atoms with Crippen molar-refractivity contribution >= 4 is 11.8 Å². The lowest BCUT2D eigenvalue weighted by atomic mass is 9.81. The van der Waals surface area contributed by atoms with E-state index in [1.165, 1.54) is 4.90 Å². The second kappa shape index (κ2) is 11.2. The second-order valence-electron chi connectivity index (χ2n) is 9.59. The van der Waals surface area contributed by atoms with Crippen molar-refractivity contribution in [3.05, 3.63) is 78.0 Å². The molecule has 0 aliphatic carbocycles. The minimum Gasteiger partial charge on any atom is -0.457 e. The lowest BCUT2D eigenvalue weighted by Crippen LogP contribution is -2.42. The van der Waals surface area contributed by atoms with Crippen molar-refractivity contribution < 1.29 is 27.5 Å². The van der Waals surface area contributed by atoms with Crippen LogP contribution in [-0.4, -0.2) is 52.4 Å². The molecule has 1 atom stereocenters. The smallest absolute Gasteiger partial charge is 0.282 e. The maximum Gasteiger partial charge on any atom is 0.282 e. The molecule has 0 bridgehead atoms. The third-order valence-corrected chi connectivity index (χ3v) is 7.17. The molecule has 2 aromatic carbocycles. The number of hydrogen-bond donors (Lipinski definition) is 2. The molecular weight excluding hydrogens is 511 g/mol. The summed E-state index contributed by atoms with van der Waals surface area (Å²) in [6.07, 6.45) is -1.14. The zero-order valence-electron chi connectivity index (χ0n) is 21.0. The third-order valence-electron chi connectivity index (χ3n) is 7.17. The first-order chi connectivity index (χ1) is 18.8. The number of piperidine rings is 1. The largest absolute Gasteiger partial charge is 0.457 e. The monoisotopic (exact) mass is 539 g/mol. The maximum atomic E-state index is 13.8. The van der Waals surface area contributed by atoms with Crippen molar-refractivity contribution in [3.8, 4) is 22.8 Å². The minimum atomic E-state index is -3.03. The lowest BCUT2D eigenvalue weighted by molar-refractivity contribution is -0.130. The maximum absolute atomic E-state index is 13.8. The first-order valence-corrected chi connectivity index (χ1v) is 12.8. The van der Waals surface area contributed by atoms with Crippen LogP contribution in [0.25, 0.3) is 11.3 Å². The Labute approximate surface area is 223 Å². The number of halogens is 3. The highest BCUT2D eigenvalue weighted by Gasteiger charge is 2.37. The number of nitrogens with one attached hydrogen (secondary N) is 1. The highest BCUT2D eigenvalue weighted by Crippen LogP contribution is 2.39. The Morgan fingerprint density at radius 2 is 1.69 bits per heavy atom. The van der Waals surface area contributed by atoms with Crippen molar-refractivity contribution in [2.45, 2.75) is 31.6 Å². The van der Waals surface area contributed by atoms with Gasteiger partial charge >= 0.3 is 0 Å². The Hall–Kier alpha value is -4.28. The number of carbonyl (C=O) groups excluding carboxylic acids is 2. The highest BCUT2D eigenvalue weighted by molar-refractivity contribution is 5.97. The molecule has 2 amide bonds. The summed E-state index contributed by atoms with van der Waals surface area (Å²) >= 11 is 0. The van der Waals surface area contributed by atoms with Gasteiger partial charge in [-0.3, -0.25) is 9.59 Å². The van der Waals surface area contributed by atoms with Gasteiger partial charge in [0.1, 0.15) is 23.0 Å². The Balaban J connectivity index is 1.35. The Morgan fingerprint density at radius 1 is 1.03 bits per heavy atom. The predicted molar refractivity (Wildman–Crippen MR) is 139 cm³/mol. The molecule has 2 aliphatic rings. The summed E-state index contributed by atoms with van der Waals surface area (Å²) in [6.45, 7) is 1.08. The van der Waals surface area contributed by atoms with E-state index < -0.39 is 24.1 Å². The number of para-hydroxylation sites is 1. The van der Waals surface area contributed by atoms with Crippen molar-refractivity contribution in [2.24, 2.45) is 11.7 Å². The summed E-state index contributed by atoms with van der Waals surface area (Å²) in [7, 11) is 0. The van der Waals surface area contributed by atoms with Crippen LogP contribution in [0.4, 0.5) is 13.2 Å². The van der Waals surface area contributed by atoms with Crippen molar-refractivity contribution in [1.29, 1.82) is 0 Å². The fourth-order valence-electron chi connectivity index (χ4n) is 5.33. The molecule has 1 unspecified atom stereocenters. The summed E-state index contributed by atoms with van der Waals surface area (Å²) in [5.74, 6) is -0.992. The van der Waals surface area contributed by atoms with Crippen LogP contribution in [0.3, 0.4) is 0 Å². The molecule has 0 saturated carbocycles. The topological polar surface area (TPSA) is 102 Å². The van der Waals surface area contributed by atoms with E-state index >= 15 is 0 Å². The number of benzene rings is 2. The Kier molecular flexibility index (Phi) is 7.58. The number of likely N-dealkylation sites (tertiary alicyclic amines) is 1. The van der Waals surface area contributed by atoms with E-state index in [2.05, 4.69) is 5.43 Å². The number of imidazole rings is 1. The molecule has 1 aromatic heterocycles. The first-order valence-electron chi connectivity index (χ1n) is 12.8. The molecule has 2 aliphatic heterocycles. The number of primary amides is 1. The normalized spacial score (nSPS) is 18.0. The summed E-state index contributed by atoms with van der Waals surface area (Å²) in [6, 6.07) is 16.6. The molecule has 0 radical (unpaired) electrons. The molecule has 39 heavy (non-hydrogen) atoms. The summed E-state index contributed by atoms with van der Waals surface area (Å²) in [5.41, 5.74) is 10.4. The fourth-order valence-corrected chi connectivity index (χ4v) is 5.33. The number of rotatable bonds is 7. The summed E-state index contributed by atoms with van der Waals surface area (Å²) in [4.78, 5) is 30.8. The SMILES string of the molecule is NC(=O)c1c(-c2ccc(Oc3ccccc3)cc2)nc2n1NCCC2C1CCN(C(=O)C(F)=CC(F)F)CC1. The zero-order chi connectivity index (χ0) is 27.5. The average molecular weight is 540 g/mol. The van der Waals surface area contributed by atoms with Gasteiger partial charge in [-0.1, -0.05) is 18.2 Å². The second-order valence-corrected chi connectivity index (χ2v) is 9.59. The van der Waals surface area contributed by atoms with E-state index in [-0.39, 0.29) is 36.7 Å². The van der Waals surface area contributed by atoms with Crippen LogP contribution in [0.15, 0.2) is 66.5 Å². The number of nitrogens with two attached hydrogens (primary N) is 1. The van der Waals surface area contributed by atoms with E-state index in [9.17, 15) is 22.8 Å². The number of alkyl halides is 2. The third kappa shape index (κ3) is 5.62. The van der Waals surface area contributed by atoms with Crippen LogP contribution >= 0.6 is 0 Å². The van der Waals surface area contributed by atoms with Gasteiger partial charge in [0, 0.05) is 37.2 Å². The van der Waals surface area contributed by atoms with Gasteiger partial charge in [-0.05, 0) is 61.6 Å². The number of hydrogen-bond acceptors (Lipinski definition) is 5. The lowest BCUT2D eigenvalue weighted by Gasteiger charge is -2.37. The molecule has 3 N–H and O–H groups in total. The van der Waals surface area contributed by atoms with Gasteiger partial charge in [0.05, 0.1) is 0 Å². The van der Waals surface area contributed by atoms with Crippen LogP contribution in [0.2, 0.25) is 0 Å². The van der Waals surface area contributed by atoms with Crippen LogP contribution in [0.1, 0.15) is 41.5 Å². The molecule has 5 rings (SSSR count). The number of nitrogens with zero attached hydrogens (tertiary/aromatic N) is 3. The van der Waals surface area contributed by atoms with Crippen molar-refractivity contribution in [3.63, 3.8) is 0 Å². The molecule has 11 heteroatoms. The van der Waals surface area contributed by atoms with Crippen LogP contribution < -0.4 is 15.9 Å². The average Bonchev–Trinajstić information content (AvgIpc) is 3.33. The van der Waals surface area contributed by atoms with E-state index in [0.717, 1.165) is 6.42 Å². The van der Waals surface area contributed by atoms with Crippen molar-refractivity contribution in [2.75, 3.05) is 25.1 Å². The molecule has 8 nitrogen and oxygen atoms in total. The Bertz CT molecular complexity index is 1370. The van der Waals surface area contributed by atoms with E-state index in [0.29, 0.717) is 48.0 Å². The standard InChI is InChI=1S/C28H28F3N5O3/c29-22(16-23(30)31)28(38)35-14-11-17(12-15-35)21-10-13-33-36-25(26(32)37)24(34-27(21)36)18-6-8-20(9-7-18)39-19-4-2-1-3-5-19/h1-9,16-17,21,23,33H,10-15H2,(H2,32,37). The summed E-state index contributed by atoms with van der Waals surface area (Å²) in [5, 5.41) is 0. The van der Waals surface area contributed by atoms with Crippen LogP contribution in [0.5, 0.6) is 11.5 Å². The van der Waals surface area contributed by atoms with Crippen molar-refractivity contribution in [1.82, 2.24) is 14.6 Å². The molecule has 0 spiro atoms. The van der Waals surface area contributed by atoms with Gasteiger partial charge in [-0.25, -0.2) is 22.8 Å². The van der Waals surface area contributed by atoms with Gasteiger partial charge < -0.3 is 20.8 Å². The first kappa shape index (κ1) is 26.3. The van der Waals surface area contributed by atoms with Gasteiger partial charge in [-0.15, -0.1) is 0 Å². The molecule has 204 valence electrons. The number of ether oxygens (including phenoxy) is 1. The molecule has 3 heterocycles. The van der Waals surface area contributed by atoms with Crippen LogP contribution in [-0.2, 0) is 4.79 Å². The molecule has 1 saturated heterocycles. The zero-order valence-corrected chi connectivity index (χ0v) is 21.0. The van der Waals surface area contributed by atoms with E-state index in [1.807, 2.05) is 42.5 Å². The predicted octanol–water partition coefficient (Wildman–Crippen LogP) is 4.83. The number of fused-ring (bicyclic) bond motifs is 1. The van der Waals surface area contributed by atoms with Gasteiger partial charge in [0.25, 0.3) is 18.2 Å². The molecule has 3 aromatic rings. The number of aromatic nitrogens is 2. The summed E-state index contributed by atoms with van der Waals surface area (Å²) < 4.78 is 46.2. The van der Waals surface area contributed by atoms with E-state index in [1.54, 1.807) is 16.8 Å². The quantitative estimate of drug-likeness (QED) is 0.419. The molecular formula is C28H28F3N5O3. The number of carbonyl (C=O) groups is 2. The highest BCUT2D eigenvalue weighted by atomic mass is 19.3. The van der Waals surface area contributed by atoms with Gasteiger partial charge in [0.15, 0.2) is 11.5 Å². The number of amides is 2. The van der Waals surface area contributed by atoms with Gasteiger partial charge in [0.2, 0.25) is 0 Å². The molecule has 1 fully saturated rings. The Morgan fingerprint density at radius 3 is 2.33 bits per heavy atom. The fraction of sp³-hybridized carbons (Fsp3) is 0.321. The number of allylic oxidation sites excluding steroid dienone is 1. The van der Waals surface area contributed by atoms with E-state index in [4.69, 9.17) is 15.5 Å². The minimum absolute atomic E-state index is 0.0301. The van der Waals surface area contributed by atoms with Gasteiger partial charge in [-0.2, -0.15) is 0 Å².